The Labute approximate surface area is 219 Å². The quantitative estimate of drug-likeness (QED) is 0.218. The molecule has 6 nitrogen and oxygen atoms in total. The van der Waals surface area contributed by atoms with E-state index in [0.29, 0.717) is 33.1 Å². The van der Waals surface area contributed by atoms with E-state index in [0.717, 1.165) is 5.56 Å². The SMILES string of the molecule is COc1cc(C)c(/C(O)=C2\C(=O)C(=O)N(c3ccc(Cl)c(Cl)c3)C2c2ccc(O)cc2)cc1C(C)C. The highest BCUT2D eigenvalue weighted by atomic mass is 35.5. The third-order valence-electron chi connectivity index (χ3n) is 6.29. The fourth-order valence-electron chi connectivity index (χ4n) is 4.43. The van der Waals surface area contributed by atoms with Crippen LogP contribution in [0.15, 0.2) is 60.2 Å². The van der Waals surface area contributed by atoms with Crippen molar-refractivity contribution in [2.45, 2.75) is 32.7 Å². The van der Waals surface area contributed by atoms with Gasteiger partial charge in [0.05, 0.1) is 28.8 Å². The van der Waals surface area contributed by atoms with Crippen LogP contribution in [0, 0.1) is 6.92 Å². The fraction of sp³-hybridized carbons (Fsp3) is 0.214. The molecular weight excluding hydrogens is 501 g/mol. The number of phenolic OH excluding ortho intramolecular Hbond substituents is 1. The summed E-state index contributed by atoms with van der Waals surface area (Å²) >= 11 is 12.3. The summed E-state index contributed by atoms with van der Waals surface area (Å²) in [5, 5.41) is 21.9. The molecule has 4 rings (SSSR count). The molecule has 1 unspecified atom stereocenters. The number of amides is 1. The van der Waals surface area contributed by atoms with Crippen LogP contribution in [-0.4, -0.2) is 29.0 Å². The van der Waals surface area contributed by atoms with Gasteiger partial charge in [0.2, 0.25) is 0 Å². The van der Waals surface area contributed by atoms with Crippen molar-refractivity contribution in [3.05, 3.63) is 92.5 Å². The van der Waals surface area contributed by atoms with Gasteiger partial charge in [-0.3, -0.25) is 14.5 Å². The van der Waals surface area contributed by atoms with Gasteiger partial charge in [0.25, 0.3) is 11.7 Å². The number of ketones is 1. The largest absolute Gasteiger partial charge is 0.508 e. The number of Topliss-reactive ketones (excluding diaryl/α,β-unsaturated/α-hetero) is 1. The zero-order valence-electron chi connectivity index (χ0n) is 20.2. The van der Waals surface area contributed by atoms with Gasteiger partial charge in [-0.15, -0.1) is 0 Å². The number of hydrogen-bond donors (Lipinski definition) is 2. The zero-order valence-corrected chi connectivity index (χ0v) is 21.7. The topological polar surface area (TPSA) is 87.1 Å². The number of aliphatic hydroxyl groups is 1. The lowest BCUT2D eigenvalue weighted by Crippen LogP contribution is -2.29. The van der Waals surface area contributed by atoms with Crippen LogP contribution in [-0.2, 0) is 9.59 Å². The standard InChI is InChI=1S/C28H25Cl2NO5/c1-14(2)19-13-20(15(3)11-23(19)36-4)26(33)24-25(16-5-8-18(32)9-6-16)31(28(35)27(24)34)17-7-10-21(29)22(30)12-17/h5-14,25,32-33H,1-4H3/b26-24+. The van der Waals surface area contributed by atoms with E-state index in [1.165, 1.54) is 29.2 Å². The second kappa shape index (κ2) is 9.88. The van der Waals surface area contributed by atoms with Gasteiger partial charge < -0.3 is 14.9 Å². The van der Waals surface area contributed by atoms with Crippen molar-refractivity contribution in [1.29, 1.82) is 0 Å². The number of aliphatic hydroxyl groups excluding tert-OH is 1. The van der Waals surface area contributed by atoms with Crippen LogP contribution >= 0.6 is 23.2 Å². The second-order valence-corrected chi connectivity index (χ2v) is 9.74. The van der Waals surface area contributed by atoms with Crippen LogP contribution < -0.4 is 9.64 Å². The number of nitrogens with zero attached hydrogens (tertiary/aromatic N) is 1. The predicted octanol–water partition coefficient (Wildman–Crippen LogP) is 6.77. The van der Waals surface area contributed by atoms with Gasteiger partial charge in [0.15, 0.2) is 0 Å². The molecule has 1 aliphatic heterocycles. The summed E-state index contributed by atoms with van der Waals surface area (Å²) in [5.41, 5.74) is 2.76. The van der Waals surface area contributed by atoms with Crippen molar-refractivity contribution in [1.82, 2.24) is 0 Å². The van der Waals surface area contributed by atoms with Gasteiger partial charge in [-0.1, -0.05) is 49.2 Å². The first kappa shape index (κ1) is 25.6. The first-order chi connectivity index (χ1) is 17.0. The molecule has 0 aromatic heterocycles. The molecule has 186 valence electrons. The Kier molecular flexibility index (Phi) is 7.03. The number of aryl methyl sites for hydroxylation is 1. The molecule has 1 atom stereocenters. The molecule has 8 heteroatoms. The van der Waals surface area contributed by atoms with Gasteiger partial charge in [-0.25, -0.2) is 0 Å². The van der Waals surface area contributed by atoms with E-state index in [-0.39, 0.29) is 28.0 Å². The second-order valence-electron chi connectivity index (χ2n) is 8.92. The van der Waals surface area contributed by atoms with Crippen LogP contribution in [0.25, 0.3) is 5.76 Å². The number of phenols is 1. The number of ether oxygens (including phenoxy) is 1. The molecule has 36 heavy (non-hydrogen) atoms. The Morgan fingerprint density at radius 1 is 1.00 bits per heavy atom. The van der Waals surface area contributed by atoms with Crippen molar-refractivity contribution in [2.75, 3.05) is 12.0 Å². The number of hydrogen-bond acceptors (Lipinski definition) is 5. The van der Waals surface area contributed by atoms with Crippen LogP contribution in [0.1, 0.15) is 48.1 Å². The van der Waals surface area contributed by atoms with Crippen LogP contribution in [0.2, 0.25) is 10.0 Å². The van der Waals surface area contributed by atoms with E-state index >= 15 is 0 Å². The average Bonchev–Trinajstić information content (AvgIpc) is 3.10. The molecule has 0 aliphatic carbocycles. The van der Waals surface area contributed by atoms with E-state index in [1.54, 1.807) is 44.4 Å². The van der Waals surface area contributed by atoms with Gasteiger partial charge >= 0.3 is 0 Å². The maximum absolute atomic E-state index is 13.4. The van der Waals surface area contributed by atoms with Crippen molar-refractivity contribution in [3.63, 3.8) is 0 Å². The predicted molar refractivity (Wildman–Crippen MR) is 141 cm³/mol. The molecule has 0 saturated carbocycles. The smallest absolute Gasteiger partial charge is 0.300 e. The Hall–Kier alpha value is -3.48. The van der Waals surface area contributed by atoms with Crippen molar-refractivity contribution < 1.29 is 24.5 Å². The lowest BCUT2D eigenvalue weighted by Gasteiger charge is -2.26. The van der Waals surface area contributed by atoms with Crippen LogP contribution in [0.5, 0.6) is 11.5 Å². The third kappa shape index (κ3) is 4.43. The molecule has 1 heterocycles. The highest BCUT2D eigenvalue weighted by Crippen LogP contribution is 2.44. The minimum Gasteiger partial charge on any atom is -0.508 e. The number of halogens is 2. The van der Waals surface area contributed by atoms with Crippen molar-refractivity contribution >= 4 is 46.3 Å². The summed E-state index contributed by atoms with van der Waals surface area (Å²) in [7, 11) is 1.58. The summed E-state index contributed by atoms with van der Waals surface area (Å²) in [6.07, 6.45) is 0. The fourth-order valence-corrected chi connectivity index (χ4v) is 4.72. The highest BCUT2D eigenvalue weighted by Gasteiger charge is 2.47. The molecule has 1 aliphatic rings. The lowest BCUT2D eigenvalue weighted by atomic mass is 9.91. The van der Waals surface area contributed by atoms with E-state index < -0.39 is 17.7 Å². The first-order valence-electron chi connectivity index (χ1n) is 11.3. The lowest BCUT2D eigenvalue weighted by molar-refractivity contribution is -0.132. The number of benzene rings is 3. The number of anilines is 1. The minimum absolute atomic E-state index is 0.0258. The Bertz CT molecular complexity index is 1400. The summed E-state index contributed by atoms with van der Waals surface area (Å²) < 4.78 is 5.51. The molecule has 1 saturated heterocycles. The Morgan fingerprint density at radius 3 is 2.25 bits per heavy atom. The maximum Gasteiger partial charge on any atom is 0.300 e. The minimum atomic E-state index is -0.966. The molecule has 0 bridgehead atoms. The van der Waals surface area contributed by atoms with Crippen molar-refractivity contribution in [2.24, 2.45) is 0 Å². The molecule has 0 spiro atoms. The van der Waals surface area contributed by atoms with Crippen LogP contribution in [0.3, 0.4) is 0 Å². The number of rotatable bonds is 5. The highest BCUT2D eigenvalue weighted by molar-refractivity contribution is 6.52. The molecule has 3 aromatic rings. The normalized spacial score (nSPS) is 17.2. The van der Waals surface area contributed by atoms with E-state index in [2.05, 4.69) is 0 Å². The number of methoxy groups -OCH3 is 1. The molecule has 3 aromatic carbocycles. The third-order valence-corrected chi connectivity index (χ3v) is 7.03. The Balaban J connectivity index is 1.99. The number of carbonyl (C=O) groups is 2. The van der Waals surface area contributed by atoms with Gasteiger partial charge in [0, 0.05) is 11.3 Å². The summed E-state index contributed by atoms with van der Waals surface area (Å²) in [6, 6.07) is 13.4. The van der Waals surface area contributed by atoms with E-state index in [4.69, 9.17) is 27.9 Å². The number of aromatic hydroxyl groups is 1. The molecular formula is C28H25Cl2NO5. The van der Waals surface area contributed by atoms with E-state index in [9.17, 15) is 19.8 Å². The number of carbonyl (C=O) groups excluding carboxylic acids is 2. The summed E-state index contributed by atoms with van der Waals surface area (Å²) in [6.45, 7) is 5.79. The zero-order chi connectivity index (χ0) is 26.3. The first-order valence-corrected chi connectivity index (χ1v) is 12.0. The van der Waals surface area contributed by atoms with Gasteiger partial charge in [-0.05, 0) is 72.0 Å². The van der Waals surface area contributed by atoms with Gasteiger partial charge in [-0.2, -0.15) is 0 Å². The monoisotopic (exact) mass is 525 g/mol. The van der Waals surface area contributed by atoms with Crippen molar-refractivity contribution in [3.8, 4) is 11.5 Å². The molecule has 1 amide bonds. The van der Waals surface area contributed by atoms with Crippen LogP contribution in [0.4, 0.5) is 5.69 Å². The van der Waals surface area contributed by atoms with E-state index in [1.807, 2.05) is 13.8 Å². The molecule has 0 radical (unpaired) electrons. The summed E-state index contributed by atoms with van der Waals surface area (Å²) in [5.74, 6) is -1.17. The average molecular weight is 526 g/mol. The summed E-state index contributed by atoms with van der Waals surface area (Å²) in [4.78, 5) is 28.0. The molecule has 1 fully saturated rings. The Morgan fingerprint density at radius 2 is 1.67 bits per heavy atom. The molecule has 2 N–H and O–H groups in total. The van der Waals surface area contributed by atoms with Gasteiger partial charge in [0.1, 0.15) is 17.3 Å². The maximum atomic E-state index is 13.4.